The van der Waals surface area contributed by atoms with Crippen molar-refractivity contribution in [2.75, 3.05) is 13.2 Å². The predicted octanol–water partition coefficient (Wildman–Crippen LogP) is 1.14. The van der Waals surface area contributed by atoms with Crippen molar-refractivity contribution in [3.63, 3.8) is 0 Å². The second-order valence-corrected chi connectivity index (χ2v) is 7.11. The summed E-state index contributed by atoms with van der Waals surface area (Å²) in [6.45, 7) is 4.95. The summed E-state index contributed by atoms with van der Waals surface area (Å²) in [6, 6.07) is -0.314. The number of nitrogens with zero attached hydrogens (tertiary/aromatic N) is 3. The molecule has 0 amide bonds. The molecule has 0 aliphatic carbocycles. The summed E-state index contributed by atoms with van der Waals surface area (Å²) in [5.74, 6) is 0.711. The number of hydrogen-bond donors (Lipinski definition) is 1. The second kappa shape index (κ2) is 6.24. The summed E-state index contributed by atoms with van der Waals surface area (Å²) in [4.78, 5) is 4.20. The average Bonchev–Trinajstić information content (AvgIpc) is 2.81. The highest BCUT2D eigenvalue weighted by Gasteiger charge is 2.34. The highest BCUT2D eigenvalue weighted by Crippen LogP contribution is 2.24. The number of hydrogen-bond acceptors (Lipinski definition) is 4. The number of aliphatic hydroxyl groups is 1. The number of sulfonamides is 1. The van der Waals surface area contributed by atoms with E-state index in [0.29, 0.717) is 18.8 Å². The smallest absolute Gasteiger partial charge is 0.262 e. The normalized spacial score (nSPS) is 21.2. The molecule has 20 heavy (non-hydrogen) atoms. The van der Waals surface area contributed by atoms with E-state index in [-0.39, 0.29) is 17.7 Å². The van der Waals surface area contributed by atoms with E-state index in [2.05, 4.69) is 4.98 Å². The number of imidazole rings is 1. The topological polar surface area (TPSA) is 75.4 Å². The van der Waals surface area contributed by atoms with Crippen molar-refractivity contribution in [3.8, 4) is 0 Å². The lowest BCUT2D eigenvalue weighted by Gasteiger charge is -2.32. The highest BCUT2D eigenvalue weighted by atomic mass is 32.2. The van der Waals surface area contributed by atoms with E-state index < -0.39 is 10.0 Å². The van der Waals surface area contributed by atoms with E-state index in [1.54, 1.807) is 6.20 Å². The first-order valence-electron chi connectivity index (χ1n) is 7.17. The van der Waals surface area contributed by atoms with Gasteiger partial charge in [-0.3, -0.25) is 0 Å². The van der Waals surface area contributed by atoms with Crippen molar-refractivity contribution in [1.29, 1.82) is 0 Å². The van der Waals surface area contributed by atoms with Gasteiger partial charge in [0.15, 0.2) is 5.03 Å². The molecule has 0 saturated carbocycles. The van der Waals surface area contributed by atoms with E-state index in [1.165, 1.54) is 4.31 Å². The summed E-state index contributed by atoms with van der Waals surface area (Å²) in [7, 11) is -3.60. The minimum Gasteiger partial charge on any atom is -0.395 e. The fourth-order valence-electron chi connectivity index (χ4n) is 2.66. The van der Waals surface area contributed by atoms with Crippen LogP contribution in [0.15, 0.2) is 11.2 Å². The van der Waals surface area contributed by atoms with Crippen LogP contribution < -0.4 is 0 Å². The Morgan fingerprint density at radius 1 is 1.45 bits per heavy atom. The van der Waals surface area contributed by atoms with Gasteiger partial charge >= 0.3 is 0 Å². The molecule has 0 bridgehead atoms. The zero-order valence-corrected chi connectivity index (χ0v) is 12.9. The molecule has 1 aliphatic rings. The zero-order valence-electron chi connectivity index (χ0n) is 12.1. The van der Waals surface area contributed by atoms with Crippen molar-refractivity contribution in [3.05, 3.63) is 12.0 Å². The molecule has 1 aromatic heterocycles. The lowest BCUT2D eigenvalue weighted by Crippen LogP contribution is -2.45. The van der Waals surface area contributed by atoms with E-state index in [0.717, 1.165) is 25.8 Å². The standard InChI is InChI=1S/C13H23N3O3S/c1-3-7-15-9-13(14-11(15)2)20(18,19)16-8-5-4-6-12(16)10-17/h9,12,17H,3-8,10H2,1-2H3. The Balaban J connectivity index is 2.31. The van der Waals surface area contributed by atoms with Gasteiger partial charge < -0.3 is 9.67 Å². The fraction of sp³-hybridized carbons (Fsp3) is 0.769. The molecule has 1 N–H and O–H groups in total. The Kier molecular flexibility index (Phi) is 4.82. The van der Waals surface area contributed by atoms with Crippen molar-refractivity contribution in [2.45, 2.75) is 57.1 Å². The van der Waals surface area contributed by atoms with Crippen LogP contribution in [0.3, 0.4) is 0 Å². The van der Waals surface area contributed by atoms with Crippen molar-refractivity contribution >= 4 is 10.0 Å². The molecule has 1 atom stereocenters. The fourth-order valence-corrected chi connectivity index (χ4v) is 4.35. The van der Waals surface area contributed by atoms with Gasteiger partial charge in [0.05, 0.1) is 6.61 Å². The number of aryl methyl sites for hydroxylation is 2. The van der Waals surface area contributed by atoms with Gasteiger partial charge in [-0.15, -0.1) is 0 Å². The van der Waals surface area contributed by atoms with Crippen LogP contribution in [-0.2, 0) is 16.6 Å². The van der Waals surface area contributed by atoms with Gasteiger partial charge in [-0.1, -0.05) is 13.3 Å². The number of piperidine rings is 1. The maximum absolute atomic E-state index is 12.7. The second-order valence-electron chi connectivity index (χ2n) is 5.27. The molecule has 1 saturated heterocycles. The maximum atomic E-state index is 12.7. The first-order chi connectivity index (χ1) is 9.50. The Morgan fingerprint density at radius 2 is 2.20 bits per heavy atom. The van der Waals surface area contributed by atoms with Crippen LogP contribution in [0.2, 0.25) is 0 Å². The van der Waals surface area contributed by atoms with Gasteiger partial charge in [-0.05, 0) is 26.2 Å². The third kappa shape index (κ3) is 2.89. The quantitative estimate of drug-likeness (QED) is 0.885. The molecular formula is C13H23N3O3S. The first-order valence-corrected chi connectivity index (χ1v) is 8.61. The van der Waals surface area contributed by atoms with E-state index >= 15 is 0 Å². The molecule has 114 valence electrons. The van der Waals surface area contributed by atoms with E-state index in [4.69, 9.17) is 0 Å². The number of rotatable bonds is 5. The molecule has 0 radical (unpaired) electrons. The minimum atomic E-state index is -3.60. The molecule has 2 rings (SSSR count). The third-order valence-electron chi connectivity index (χ3n) is 3.78. The Bertz CT molecular complexity index is 553. The van der Waals surface area contributed by atoms with E-state index in [1.807, 2.05) is 18.4 Å². The highest BCUT2D eigenvalue weighted by molar-refractivity contribution is 7.89. The van der Waals surface area contributed by atoms with Crippen molar-refractivity contribution < 1.29 is 13.5 Å². The molecule has 2 heterocycles. The summed E-state index contributed by atoms with van der Waals surface area (Å²) >= 11 is 0. The van der Waals surface area contributed by atoms with Crippen molar-refractivity contribution in [1.82, 2.24) is 13.9 Å². The van der Waals surface area contributed by atoms with Gasteiger partial charge in [0.2, 0.25) is 0 Å². The zero-order chi connectivity index (χ0) is 14.8. The van der Waals surface area contributed by atoms with Crippen LogP contribution in [0.5, 0.6) is 0 Å². The molecule has 0 aromatic carbocycles. The van der Waals surface area contributed by atoms with Gasteiger partial charge in [-0.25, -0.2) is 13.4 Å². The predicted molar refractivity (Wildman–Crippen MR) is 75.9 cm³/mol. The largest absolute Gasteiger partial charge is 0.395 e. The molecular weight excluding hydrogens is 278 g/mol. The summed E-state index contributed by atoms with van der Waals surface area (Å²) in [5, 5.41) is 9.48. The van der Waals surface area contributed by atoms with Crippen molar-refractivity contribution in [2.24, 2.45) is 0 Å². The average molecular weight is 301 g/mol. The number of aliphatic hydroxyl groups excluding tert-OH is 1. The van der Waals surface area contributed by atoms with Gasteiger partial charge in [0, 0.05) is 25.3 Å². The monoisotopic (exact) mass is 301 g/mol. The minimum absolute atomic E-state index is 0.101. The summed E-state index contributed by atoms with van der Waals surface area (Å²) in [5.41, 5.74) is 0. The van der Waals surface area contributed by atoms with Crippen LogP contribution in [-0.4, -0.2) is 46.6 Å². The maximum Gasteiger partial charge on any atom is 0.262 e. The third-order valence-corrected chi connectivity index (χ3v) is 5.60. The molecule has 6 nitrogen and oxygen atoms in total. The van der Waals surface area contributed by atoms with Gasteiger partial charge in [-0.2, -0.15) is 4.31 Å². The molecule has 0 spiro atoms. The Labute approximate surface area is 120 Å². The van der Waals surface area contributed by atoms with E-state index in [9.17, 15) is 13.5 Å². The summed E-state index contributed by atoms with van der Waals surface area (Å²) < 4.78 is 28.6. The lowest BCUT2D eigenvalue weighted by molar-refractivity contribution is 0.155. The molecule has 7 heteroatoms. The Morgan fingerprint density at radius 3 is 2.85 bits per heavy atom. The molecule has 1 aromatic rings. The Hall–Kier alpha value is -0.920. The van der Waals surface area contributed by atoms with Crippen LogP contribution in [0, 0.1) is 6.92 Å². The van der Waals surface area contributed by atoms with Crippen LogP contribution in [0.1, 0.15) is 38.4 Å². The van der Waals surface area contributed by atoms with Gasteiger partial charge in [0.1, 0.15) is 5.82 Å². The molecule has 1 aliphatic heterocycles. The molecule has 1 fully saturated rings. The SMILES string of the molecule is CCCn1cc(S(=O)(=O)N2CCCCC2CO)nc1C. The summed E-state index contributed by atoms with van der Waals surface area (Å²) in [6.07, 6.45) is 5.05. The lowest BCUT2D eigenvalue weighted by atomic mass is 10.1. The molecule has 1 unspecified atom stereocenters. The first kappa shape index (κ1) is 15.5. The van der Waals surface area contributed by atoms with Gasteiger partial charge in [0.25, 0.3) is 10.0 Å². The van der Waals surface area contributed by atoms with Crippen LogP contribution in [0.25, 0.3) is 0 Å². The van der Waals surface area contributed by atoms with Crippen LogP contribution in [0.4, 0.5) is 0 Å². The van der Waals surface area contributed by atoms with Crippen LogP contribution >= 0.6 is 0 Å². The number of aromatic nitrogens is 2.